The molecule has 3 aromatic rings. The topological polar surface area (TPSA) is 89.1 Å². The molecule has 2 N–H and O–H groups in total. The molecule has 0 radical (unpaired) electrons. The number of methoxy groups -OCH3 is 1. The minimum atomic E-state index is -0.699. The molecule has 8 heteroatoms. The van der Waals surface area contributed by atoms with Crippen LogP contribution in [-0.4, -0.2) is 40.2 Å². The summed E-state index contributed by atoms with van der Waals surface area (Å²) in [5.41, 5.74) is 2.52. The summed E-state index contributed by atoms with van der Waals surface area (Å²) in [7, 11) is 1.54. The number of amides is 1. The van der Waals surface area contributed by atoms with Crippen molar-refractivity contribution in [2.24, 2.45) is 0 Å². The van der Waals surface area contributed by atoms with Crippen LogP contribution in [0.4, 0.5) is 0 Å². The van der Waals surface area contributed by atoms with Crippen LogP contribution in [0.2, 0.25) is 5.02 Å². The second kappa shape index (κ2) is 6.83. The molecule has 1 aromatic carbocycles. The number of halogens is 1. The summed E-state index contributed by atoms with van der Waals surface area (Å²) in [4.78, 5) is 24.0. The lowest BCUT2D eigenvalue weighted by molar-refractivity contribution is -0.171. The van der Waals surface area contributed by atoms with E-state index >= 15 is 0 Å². The number of fused-ring (bicyclic) bond motifs is 1. The first-order valence-electron chi connectivity index (χ1n) is 8.58. The summed E-state index contributed by atoms with van der Waals surface area (Å²) in [5.74, 6) is 0.345. The number of ether oxygens (including phenoxy) is 2. The predicted octanol–water partition coefficient (Wildman–Crippen LogP) is 3.08. The Morgan fingerprint density at radius 1 is 1.37 bits per heavy atom. The first kappa shape index (κ1) is 17.8. The van der Waals surface area contributed by atoms with Crippen LogP contribution < -0.4 is 10.1 Å². The van der Waals surface area contributed by atoms with E-state index in [2.05, 4.69) is 20.3 Å². The van der Waals surface area contributed by atoms with Gasteiger partial charge in [0.2, 0.25) is 5.88 Å². The highest BCUT2D eigenvalue weighted by molar-refractivity contribution is 6.34. The highest BCUT2D eigenvalue weighted by Gasteiger charge is 2.40. The van der Waals surface area contributed by atoms with E-state index in [1.807, 2.05) is 18.2 Å². The average molecular weight is 387 g/mol. The summed E-state index contributed by atoms with van der Waals surface area (Å²) in [6, 6.07) is 5.76. The molecular formula is C19H19ClN4O3. The molecular weight excluding hydrogens is 368 g/mol. The van der Waals surface area contributed by atoms with E-state index in [0.29, 0.717) is 29.7 Å². The van der Waals surface area contributed by atoms with Gasteiger partial charge in [-0.1, -0.05) is 11.6 Å². The average Bonchev–Trinajstić information content (AvgIpc) is 3.05. The molecule has 1 amide bonds. The van der Waals surface area contributed by atoms with E-state index in [0.717, 1.165) is 28.6 Å². The minimum absolute atomic E-state index is 0.0976. The number of hydrogen-bond acceptors (Lipinski definition) is 5. The smallest absolute Gasteiger partial charge is 0.252 e. The molecule has 1 atom stereocenters. The van der Waals surface area contributed by atoms with Crippen LogP contribution in [0.3, 0.4) is 0 Å². The van der Waals surface area contributed by atoms with Crippen LogP contribution in [0, 0.1) is 0 Å². The molecule has 1 aliphatic rings. The van der Waals surface area contributed by atoms with Crippen molar-refractivity contribution < 1.29 is 14.3 Å². The van der Waals surface area contributed by atoms with Gasteiger partial charge in [0, 0.05) is 28.6 Å². The molecule has 0 bridgehead atoms. The van der Waals surface area contributed by atoms with Gasteiger partial charge in [0.25, 0.3) is 5.91 Å². The summed E-state index contributed by atoms with van der Waals surface area (Å²) < 4.78 is 10.4. The summed E-state index contributed by atoms with van der Waals surface area (Å²) in [5, 5.41) is 4.45. The number of hydrogen-bond donors (Lipinski definition) is 2. The number of aromatic nitrogens is 3. The highest BCUT2D eigenvalue weighted by Crippen LogP contribution is 2.31. The van der Waals surface area contributed by atoms with Crippen molar-refractivity contribution in [1.29, 1.82) is 0 Å². The predicted molar refractivity (Wildman–Crippen MR) is 102 cm³/mol. The SMILES string of the molecule is COc1cnc(-c2cc3[nH]c(CNC(=O)C4(C)CCO4)cc3cc2Cl)cn1. The Balaban J connectivity index is 1.56. The van der Waals surface area contributed by atoms with E-state index in [1.54, 1.807) is 26.4 Å². The number of benzene rings is 1. The molecule has 3 heterocycles. The second-order valence-electron chi connectivity index (χ2n) is 6.67. The van der Waals surface area contributed by atoms with Crippen LogP contribution in [-0.2, 0) is 16.1 Å². The number of carbonyl (C=O) groups excluding carboxylic acids is 1. The molecule has 1 unspecified atom stereocenters. The van der Waals surface area contributed by atoms with Gasteiger partial charge in [-0.05, 0) is 25.1 Å². The van der Waals surface area contributed by atoms with Crippen molar-refractivity contribution in [2.75, 3.05) is 13.7 Å². The van der Waals surface area contributed by atoms with Gasteiger partial charge in [0.15, 0.2) is 0 Å². The number of nitrogens with zero attached hydrogens (tertiary/aromatic N) is 2. The molecule has 0 spiro atoms. The molecule has 140 valence electrons. The first-order valence-corrected chi connectivity index (χ1v) is 8.96. The zero-order valence-corrected chi connectivity index (χ0v) is 15.8. The van der Waals surface area contributed by atoms with E-state index in [1.165, 1.54) is 0 Å². The van der Waals surface area contributed by atoms with Crippen molar-refractivity contribution in [1.82, 2.24) is 20.3 Å². The lowest BCUT2D eigenvalue weighted by atomic mass is 9.96. The van der Waals surface area contributed by atoms with Gasteiger partial charge < -0.3 is 19.8 Å². The lowest BCUT2D eigenvalue weighted by Crippen LogP contribution is -2.53. The third-order valence-electron chi connectivity index (χ3n) is 4.80. The second-order valence-corrected chi connectivity index (χ2v) is 7.08. The molecule has 2 aromatic heterocycles. The van der Waals surface area contributed by atoms with Crippen molar-refractivity contribution in [3.8, 4) is 17.1 Å². The van der Waals surface area contributed by atoms with Gasteiger partial charge in [0.05, 0.1) is 43.4 Å². The molecule has 1 saturated heterocycles. The third-order valence-corrected chi connectivity index (χ3v) is 5.11. The summed E-state index contributed by atoms with van der Waals surface area (Å²) in [6.07, 6.45) is 3.91. The van der Waals surface area contributed by atoms with Crippen molar-refractivity contribution in [3.63, 3.8) is 0 Å². The number of nitrogens with one attached hydrogen (secondary N) is 2. The maximum absolute atomic E-state index is 12.2. The monoisotopic (exact) mass is 386 g/mol. The quantitative estimate of drug-likeness (QED) is 0.703. The van der Waals surface area contributed by atoms with E-state index < -0.39 is 5.60 Å². The zero-order valence-electron chi connectivity index (χ0n) is 15.0. The number of rotatable bonds is 5. The van der Waals surface area contributed by atoms with Gasteiger partial charge in [-0.3, -0.25) is 4.79 Å². The molecule has 1 fully saturated rings. The van der Waals surface area contributed by atoms with Gasteiger partial charge in [-0.2, -0.15) is 0 Å². The fraction of sp³-hybridized carbons (Fsp3) is 0.316. The van der Waals surface area contributed by atoms with Crippen LogP contribution >= 0.6 is 11.6 Å². The van der Waals surface area contributed by atoms with Crippen LogP contribution in [0.25, 0.3) is 22.2 Å². The van der Waals surface area contributed by atoms with Gasteiger partial charge in [0.1, 0.15) is 5.60 Å². The van der Waals surface area contributed by atoms with Crippen LogP contribution in [0.5, 0.6) is 5.88 Å². The fourth-order valence-electron chi connectivity index (χ4n) is 3.02. The Labute approximate surface area is 161 Å². The van der Waals surface area contributed by atoms with Crippen LogP contribution in [0.15, 0.2) is 30.6 Å². The zero-order chi connectivity index (χ0) is 19.0. The number of carbonyl (C=O) groups is 1. The summed E-state index contributed by atoms with van der Waals surface area (Å²) >= 11 is 6.44. The Kier molecular flexibility index (Phi) is 4.49. The maximum atomic E-state index is 12.2. The van der Waals surface area contributed by atoms with Crippen molar-refractivity contribution in [2.45, 2.75) is 25.5 Å². The third kappa shape index (κ3) is 3.36. The molecule has 27 heavy (non-hydrogen) atoms. The van der Waals surface area contributed by atoms with Crippen molar-refractivity contribution >= 4 is 28.4 Å². The van der Waals surface area contributed by atoms with E-state index in [9.17, 15) is 4.79 Å². The van der Waals surface area contributed by atoms with Gasteiger partial charge in [-0.15, -0.1) is 0 Å². The highest BCUT2D eigenvalue weighted by atomic mass is 35.5. The summed E-state index contributed by atoms with van der Waals surface area (Å²) in [6.45, 7) is 2.83. The molecule has 0 saturated carbocycles. The minimum Gasteiger partial charge on any atom is -0.480 e. The number of H-pyrrole nitrogens is 1. The number of aromatic amines is 1. The van der Waals surface area contributed by atoms with Crippen LogP contribution in [0.1, 0.15) is 19.0 Å². The first-order chi connectivity index (χ1) is 13.0. The Morgan fingerprint density at radius 2 is 2.19 bits per heavy atom. The normalized spacial score (nSPS) is 18.9. The Morgan fingerprint density at radius 3 is 2.81 bits per heavy atom. The maximum Gasteiger partial charge on any atom is 0.252 e. The fourth-order valence-corrected chi connectivity index (χ4v) is 3.28. The molecule has 7 nitrogen and oxygen atoms in total. The Hall–Kier alpha value is -2.64. The van der Waals surface area contributed by atoms with E-state index in [4.69, 9.17) is 21.1 Å². The molecule has 4 rings (SSSR count). The van der Waals surface area contributed by atoms with Crippen molar-refractivity contribution in [3.05, 3.63) is 41.3 Å². The lowest BCUT2D eigenvalue weighted by Gasteiger charge is -2.36. The van der Waals surface area contributed by atoms with Gasteiger partial charge in [-0.25, -0.2) is 9.97 Å². The van der Waals surface area contributed by atoms with Gasteiger partial charge >= 0.3 is 0 Å². The van der Waals surface area contributed by atoms with E-state index in [-0.39, 0.29) is 5.91 Å². The molecule has 1 aliphatic heterocycles. The molecule has 0 aliphatic carbocycles. The standard InChI is InChI=1S/C19H19ClN4O3/c1-19(3-4-27-19)18(25)23-8-12-5-11-6-14(20)13(7-15(11)24-12)16-9-22-17(26-2)10-21-16/h5-7,9-10,24H,3-4,8H2,1-2H3,(H,23,25). The Bertz CT molecular complexity index is 996. The largest absolute Gasteiger partial charge is 0.480 e.